The maximum atomic E-state index is 12.7. The SMILES string of the molecule is O=C(NCc1nc(-c2ccncc2)cs1)c1ccccc1OCc1ccccc1Cl. The van der Waals surface area contributed by atoms with E-state index < -0.39 is 0 Å². The lowest BCUT2D eigenvalue weighted by atomic mass is 10.2. The Morgan fingerprint density at radius 2 is 1.80 bits per heavy atom. The van der Waals surface area contributed by atoms with E-state index in [4.69, 9.17) is 16.3 Å². The van der Waals surface area contributed by atoms with Crippen LogP contribution in [0.1, 0.15) is 20.9 Å². The van der Waals surface area contributed by atoms with Crippen molar-refractivity contribution in [1.82, 2.24) is 15.3 Å². The summed E-state index contributed by atoms with van der Waals surface area (Å²) in [4.78, 5) is 21.3. The van der Waals surface area contributed by atoms with E-state index in [2.05, 4.69) is 15.3 Å². The summed E-state index contributed by atoms with van der Waals surface area (Å²) in [6, 6.07) is 18.4. The Bertz CT molecular complexity index is 1150. The number of ether oxygens (including phenoxy) is 1. The first kappa shape index (κ1) is 20.1. The highest BCUT2D eigenvalue weighted by Crippen LogP contribution is 2.23. The van der Waals surface area contributed by atoms with Crippen LogP contribution in [-0.4, -0.2) is 15.9 Å². The number of hydrogen-bond acceptors (Lipinski definition) is 5. The van der Waals surface area contributed by atoms with Gasteiger partial charge in [-0.05, 0) is 30.3 Å². The fourth-order valence-corrected chi connectivity index (χ4v) is 3.78. The Hall–Kier alpha value is -3.22. The molecule has 150 valence electrons. The quantitative estimate of drug-likeness (QED) is 0.424. The summed E-state index contributed by atoms with van der Waals surface area (Å²) < 4.78 is 5.87. The van der Waals surface area contributed by atoms with Gasteiger partial charge in [-0.15, -0.1) is 11.3 Å². The van der Waals surface area contributed by atoms with Gasteiger partial charge in [0.25, 0.3) is 5.91 Å². The van der Waals surface area contributed by atoms with Crippen LogP contribution in [-0.2, 0) is 13.2 Å². The van der Waals surface area contributed by atoms with Gasteiger partial charge in [-0.25, -0.2) is 4.98 Å². The molecular formula is C23H18ClN3O2S. The summed E-state index contributed by atoms with van der Waals surface area (Å²) >= 11 is 7.69. The molecule has 7 heteroatoms. The van der Waals surface area contributed by atoms with Gasteiger partial charge in [0.15, 0.2) is 0 Å². The summed E-state index contributed by atoms with van der Waals surface area (Å²) in [6.07, 6.45) is 3.46. The van der Waals surface area contributed by atoms with Crippen molar-refractivity contribution in [2.24, 2.45) is 0 Å². The second-order valence-electron chi connectivity index (χ2n) is 6.42. The largest absolute Gasteiger partial charge is 0.488 e. The average molecular weight is 436 g/mol. The first-order chi connectivity index (χ1) is 14.7. The van der Waals surface area contributed by atoms with Gasteiger partial charge in [0.2, 0.25) is 0 Å². The van der Waals surface area contributed by atoms with Gasteiger partial charge >= 0.3 is 0 Å². The Balaban J connectivity index is 1.40. The Labute approximate surface area is 183 Å². The van der Waals surface area contributed by atoms with E-state index in [0.29, 0.717) is 22.9 Å². The van der Waals surface area contributed by atoms with Gasteiger partial charge in [0.1, 0.15) is 17.4 Å². The highest BCUT2D eigenvalue weighted by Gasteiger charge is 2.13. The molecule has 0 aliphatic rings. The van der Waals surface area contributed by atoms with Crippen molar-refractivity contribution in [3.05, 3.63) is 99.6 Å². The van der Waals surface area contributed by atoms with Crippen LogP contribution < -0.4 is 10.1 Å². The van der Waals surface area contributed by atoms with Crippen LogP contribution in [0.4, 0.5) is 0 Å². The van der Waals surface area contributed by atoms with Crippen LogP contribution >= 0.6 is 22.9 Å². The molecule has 2 aromatic carbocycles. The van der Waals surface area contributed by atoms with E-state index in [0.717, 1.165) is 21.8 Å². The van der Waals surface area contributed by atoms with Crippen LogP contribution in [0.25, 0.3) is 11.3 Å². The average Bonchev–Trinajstić information content (AvgIpc) is 3.27. The fraction of sp³-hybridized carbons (Fsp3) is 0.0870. The van der Waals surface area contributed by atoms with Crippen molar-refractivity contribution in [2.75, 3.05) is 0 Å². The van der Waals surface area contributed by atoms with E-state index in [9.17, 15) is 4.79 Å². The molecule has 0 spiro atoms. The first-order valence-corrected chi connectivity index (χ1v) is 10.5. The smallest absolute Gasteiger partial charge is 0.255 e. The predicted octanol–water partition coefficient (Wildman–Crippen LogP) is 5.37. The molecule has 0 unspecified atom stereocenters. The molecule has 0 aliphatic carbocycles. The topological polar surface area (TPSA) is 64.1 Å². The molecule has 0 atom stereocenters. The summed E-state index contributed by atoms with van der Waals surface area (Å²) in [5.41, 5.74) is 3.20. The zero-order valence-corrected chi connectivity index (χ0v) is 17.5. The molecule has 0 fully saturated rings. The third kappa shape index (κ3) is 4.84. The van der Waals surface area contributed by atoms with Gasteiger partial charge < -0.3 is 10.1 Å². The zero-order chi connectivity index (χ0) is 20.8. The minimum absolute atomic E-state index is 0.217. The van der Waals surface area contributed by atoms with Crippen molar-refractivity contribution >= 4 is 28.8 Å². The van der Waals surface area contributed by atoms with Gasteiger partial charge in [-0.3, -0.25) is 9.78 Å². The lowest BCUT2D eigenvalue weighted by Crippen LogP contribution is -2.23. The molecule has 4 rings (SSSR count). The molecule has 2 heterocycles. The maximum absolute atomic E-state index is 12.7. The summed E-state index contributed by atoms with van der Waals surface area (Å²) in [5, 5.41) is 6.35. The van der Waals surface area contributed by atoms with E-state index in [-0.39, 0.29) is 12.5 Å². The molecule has 1 N–H and O–H groups in total. The minimum Gasteiger partial charge on any atom is -0.488 e. The fourth-order valence-electron chi connectivity index (χ4n) is 2.85. The number of rotatable bonds is 7. The second kappa shape index (κ2) is 9.52. The predicted molar refractivity (Wildman–Crippen MR) is 119 cm³/mol. The number of para-hydroxylation sites is 1. The molecule has 0 aliphatic heterocycles. The van der Waals surface area contributed by atoms with Gasteiger partial charge in [-0.2, -0.15) is 0 Å². The van der Waals surface area contributed by atoms with Crippen molar-refractivity contribution in [2.45, 2.75) is 13.2 Å². The highest BCUT2D eigenvalue weighted by atomic mass is 35.5. The molecule has 5 nitrogen and oxygen atoms in total. The van der Waals surface area contributed by atoms with Crippen molar-refractivity contribution < 1.29 is 9.53 Å². The molecule has 1 amide bonds. The van der Waals surface area contributed by atoms with Crippen molar-refractivity contribution in [3.63, 3.8) is 0 Å². The molecule has 4 aromatic rings. The van der Waals surface area contributed by atoms with E-state index in [1.54, 1.807) is 24.5 Å². The van der Waals surface area contributed by atoms with Crippen LogP contribution in [0.2, 0.25) is 5.02 Å². The number of hydrogen-bond donors (Lipinski definition) is 1. The van der Waals surface area contributed by atoms with Crippen molar-refractivity contribution in [1.29, 1.82) is 0 Å². The van der Waals surface area contributed by atoms with Crippen molar-refractivity contribution in [3.8, 4) is 17.0 Å². The van der Waals surface area contributed by atoms with E-state index in [1.807, 2.05) is 53.9 Å². The maximum Gasteiger partial charge on any atom is 0.255 e. The standard InChI is InChI=1S/C23H18ClN3O2S/c24-19-7-3-1-5-17(19)14-29-21-8-4-2-6-18(21)23(28)26-13-22-27-20(15-30-22)16-9-11-25-12-10-16/h1-12,15H,13-14H2,(H,26,28). The van der Waals surface area contributed by atoms with E-state index in [1.165, 1.54) is 11.3 Å². The molecule has 0 radical (unpaired) electrons. The van der Waals surface area contributed by atoms with Gasteiger partial charge in [-0.1, -0.05) is 41.9 Å². The third-order valence-electron chi connectivity index (χ3n) is 4.40. The number of carbonyl (C=O) groups excluding carboxylic acids is 1. The van der Waals surface area contributed by atoms with Crippen LogP contribution in [0, 0.1) is 0 Å². The number of benzene rings is 2. The number of nitrogens with zero attached hydrogens (tertiary/aromatic N) is 2. The number of thiazole rings is 1. The molecule has 0 saturated heterocycles. The number of carbonyl (C=O) groups is 1. The molecule has 0 bridgehead atoms. The van der Waals surface area contributed by atoms with Crippen LogP contribution in [0.5, 0.6) is 5.75 Å². The lowest BCUT2D eigenvalue weighted by molar-refractivity contribution is 0.0946. The minimum atomic E-state index is -0.217. The lowest BCUT2D eigenvalue weighted by Gasteiger charge is -2.12. The summed E-state index contributed by atoms with van der Waals surface area (Å²) in [7, 11) is 0. The molecule has 2 aromatic heterocycles. The molecule has 0 saturated carbocycles. The third-order valence-corrected chi connectivity index (χ3v) is 5.62. The number of pyridine rings is 1. The summed E-state index contributed by atoms with van der Waals surface area (Å²) in [5.74, 6) is 0.289. The molecule has 30 heavy (non-hydrogen) atoms. The first-order valence-electron chi connectivity index (χ1n) is 9.29. The highest BCUT2D eigenvalue weighted by molar-refractivity contribution is 7.09. The number of aromatic nitrogens is 2. The number of amides is 1. The van der Waals surface area contributed by atoms with Gasteiger partial charge in [0, 0.05) is 33.9 Å². The zero-order valence-electron chi connectivity index (χ0n) is 15.9. The summed E-state index contributed by atoms with van der Waals surface area (Å²) in [6.45, 7) is 0.624. The Morgan fingerprint density at radius 3 is 2.63 bits per heavy atom. The molecular weight excluding hydrogens is 418 g/mol. The Kier molecular flexibility index (Phi) is 6.37. The second-order valence-corrected chi connectivity index (χ2v) is 7.77. The monoisotopic (exact) mass is 435 g/mol. The normalized spacial score (nSPS) is 10.6. The number of nitrogens with one attached hydrogen (secondary N) is 1. The number of halogens is 1. The van der Waals surface area contributed by atoms with Gasteiger partial charge in [0.05, 0.1) is 17.8 Å². The van der Waals surface area contributed by atoms with E-state index >= 15 is 0 Å². The Morgan fingerprint density at radius 1 is 1.03 bits per heavy atom. The van der Waals surface area contributed by atoms with Crippen LogP contribution in [0.15, 0.2) is 78.4 Å². The van der Waals surface area contributed by atoms with Crippen LogP contribution in [0.3, 0.4) is 0 Å².